The molecule has 0 bridgehead atoms. The predicted octanol–water partition coefficient (Wildman–Crippen LogP) is 2.93. The van der Waals surface area contributed by atoms with Gasteiger partial charge in [-0.25, -0.2) is 4.39 Å². The summed E-state index contributed by atoms with van der Waals surface area (Å²) in [5, 5.41) is 30.9. The Labute approximate surface area is 171 Å². The van der Waals surface area contributed by atoms with E-state index in [1.165, 1.54) is 13.2 Å². The highest BCUT2D eigenvalue weighted by Gasteiger charge is 2.47. The van der Waals surface area contributed by atoms with Crippen LogP contribution in [0.1, 0.15) is 22.4 Å². The topological polar surface area (TPSA) is 79.2 Å². The molecule has 3 N–H and O–H groups in total. The second-order valence-electron chi connectivity index (χ2n) is 7.29. The molecule has 4 unspecified atom stereocenters. The minimum absolute atomic E-state index is 0.0326. The average molecular weight is 418 g/mol. The van der Waals surface area contributed by atoms with Gasteiger partial charge in [0.25, 0.3) is 0 Å². The fourth-order valence-electron chi connectivity index (χ4n) is 3.85. The first-order chi connectivity index (χ1) is 14.0. The van der Waals surface area contributed by atoms with Crippen molar-refractivity contribution in [2.75, 3.05) is 13.7 Å². The number of rotatable bonds is 5. The zero-order valence-electron chi connectivity index (χ0n) is 15.9. The Hall–Kier alpha value is -1.87. The van der Waals surface area contributed by atoms with Crippen LogP contribution in [-0.4, -0.2) is 47.3 Å². The normalized spacial score (nSPS) is 27.4. The van der Waals surface area contributed by atoms with E-state index in [0.29, 0.717) is 17.5 Å². The van der Waals surface area contributed by atoms with Crippen LogP contribution in [0.25, 0.3) is 10.1 Å². The van der Waals surface area contributed by atoms with Crippen LogP contribution >= 0.6 is 11.3 Å². The molecular weight excluding hydrogens is 395 g/mol. The Balaban J connectivity index is 1.68. The molecule has 3 aromatic rings. The Morgan fingerprint density at radius 1 is 1.21 bits per heavy atom. The lowest BCUT2D eigenvalue weighted by molar-refractivity contribution is -0.323. The van der Waals surface area contributed by atoms with Gasteiger partial charge in [0.05, 0.1) is 12.7 Å². The maximum Gasteiger partial charge on any atom is 0.197 e. The summed E-state index contributed by atoms with van der Waals surface area (Å²) in [6.45, 7) is -0.473. The van der Waals surface area contributed by atoms with Crippen molar-refractivity contribution in [2.24, 2.45) is 0 Å². The van der Waals surface area contributed by atoms with Gasteiger partial charge in [-0.05, 0) is 35.2 Å². The van der Waals surface area contributed by atoms with E-state index >= 15 is 0 Å². The lowest BCUT2D eigenvalue weighted by Crippen LogP contribution is -2.55. The van der Waals surface area contributed by atoms with E-state index in [2.05, 4.69) is 6.07 Å². The quantitative estimate of drug-likeness (QED) is 0.594. The third-order valence-electron chi connectivity index (χ3n) is 5.43. The minimum Gasteiger partial charge on any atom is -0.394 e. The van der Waals surface area contributed by atoms with Crippen molar-refractivity contribution in [3.8, 4) is 0 Å². The standard InChI is InChI=1S/C22H23FO5S/c1-27-22(11-18(25)21(26)19(12-24)28-22)15-6-7-17(23)14(8-15)10-16-9-13-4-2-3-5-20(13)29-16/h2-9,18-19,21,24-26H,10-12H2,1H3. The molecule has 7 heteroatoms. The molecular formula is C22H23FO5S. The number of aliphatic hydroxyl groups is 3. The summed E-state index contributed by atoms with van der Waals surface area (Å²) in [6, 6.07) is 14.6. The summed E-state index contributed by atoms with van der Waals surface area (Å²) in [5.41, 5.74) is 1.01. The van der Waals surface area contributed by atoms with Crippen LogP contribution in [0, 0.1) is 5.82 Å². The van der Waals surface area contributed by atoms with Gasteiger partial charge in [-0.15, -0.1) is 11.3 Å². The molecule has 0 saturated carbocycles. The van der Waals surface area contributed by atoms with Gasteiger partial charge in [0, 0.05) is 35.1 Å². The Morgan fingerprint density at radius 2 is 2.00 bits per heavy atom. The van der Waals surface area contributed by atoms with Crippen molar-refractivity contribution < 1.29 is 29.2 Å². The number of fused-ring (bicyclic) bond motifs is 1. The highest BCUT2D eigenvalue weighted by atomic mass is 32.1. The largest absolute Gasteiger partial charge is 0.394 e. The molecule has 5 nitrogen and oxygen atoms in total. The maximum atomic E-state index is 14.6. The minimum atomic E-state index is -1.38. The van der Waals surface area contributed by atoms with Crippen LogP contribution in [-0.2, 0) is 21.7 Å². The molecule has 1 saturated heterocycles. The van der Waals surface area contributed by atoms with E-state index in [1.807, 2.05) is 24.3 Å². The second kappa shape index (κ2) is 8.10. The summed E-state index contributed by atoms with van der Waals surface area (Å²) in [6.07, 6.45) is -2.99. The third-order valence-corrected chi connectivity index (χ3v) is 6.55. The van der Waals surface area contributed by atoms with E-state index in [9.17, 15) is 19.7 Å². The number of hydrogen-bond donors (Lipinski definition) is 3. The number of hydrogen-bond acceptors (Lipinski definition) is 6. The van der Waals surface area contributed by atoms with E-state index in [4.69, 9.17) is 9.47 Å². The van der Waals surface area contributed by atoms with Crippen LogP contribution in [0.4, 0.5) is 4.39 Å². The van der Waals surface area contributed by atoms with Gasteiger partial charge in [-0.1, -0.05) is 24.3 Å². The third kappa shape index (κ3) is 3.82. The number of halogens is 1. The average Bonchev–Trinajstić information content (AvgIpc) is 3.14. The molecule has 0 radical (unpaired) electrons. The lowest BCUT2D eigenvalue weighted by Gasteiger charge is -2.44. The van der Waals surface area contributed by atoms with Crippen molar-refractivity contribution in [2.45, 2.75) is 36.9 Å². The van der Waals surface area contributed by atoms with Gasteiger partial charge in [0.2, 0.25) is 0 Å². The summed E-state index contributed by atoms with van der Waals surface area (Å²) >= 11 is 1.62. The highest BCUT2D eigenvalue weighted by Crippen LogP contribution is 2.39. The Morgan fingerprint density at radius 3 is 2.72 bits per heavy atom. The highest BCUT2D eigenvalue weighted by molar-refractivity contribution is 7.19. The van der Waals surface area contributed by atoms with E-state index in [1.54, 1.807) is 23.5 Å². The fraction of sp³-hybridized carbons (Fsp3) is 0.364. The molecule has 4 rings (SSSR count). The first kappa shape index (κ1) is 20.4. The molecule has 1 aliphatic heterocycles. The molecule has 29 heavy (non-hydrogen) atoms. The summed E-state index contributed by atoms with van der Waals surface area (Å²) in [5.74, 6) is -1.72. The molecule has 2 aromatic carbocycles. The monoisotopic (exact) mass is 418 g/mol. The van der Waals surface area contributed by atoms with Crippen molar-refractivity contribution >= 4 is 21.4 Å². The van der Waals surface area contributed by atoms with Gasteiger partial charge in [-0.2, -0.15) is 0 Å². The van der Waals surface area contributed by atoms with Crippen molar-refractivity contribution in [1.82, 2.24) is 0 Å². The molecule has 4 atom stereocenters. The Kier molecular flexibility index (Phi) is 5.70. The first-order valence-corrected chi connectivity index (χ1v) is 10.2. The van der Waals surface area contributed by atoms with Crippen molar-refractivity contribution in [3.63, 3.8) is 0 Å². The van der Waals surface area contributed by atoms with Gasteiger partial charge >= 0.3 is 0 Å². The molecule has 1 fully saturated rings. The second-order valence-corrected chi connectivity index (χ2v) is 8.46. The van der Waals surface area contributed by atoms with E-state index in [-0.39, 0.29) is 12.2 Å². The van der Waals surface area contributed by atoms with Gasteiger partial charge in [0.15, 0.2) is 5.79 Å². The summed E-state index contributed by atoms with van der Waals surface area (Å²) in [4.78, 5) is 1.03. The lowest BCUT2D eigenvalue weighted by atomic mass is 9.89. The number of benzene rings is 2. The zero-order chi connectivity index (χ0) is 20.6. The number of thiophene rings is 1. The molecule has 1 aliphatic rings. The predicted molar refractivity (Wildman–Crippen MR) is 108 cm³/mol. The number of methoxy groups -OCH3 is 1. The Bertz CT molecular complexity index is 973. The molecule has 0 amide bonds. The number of aliphatic hydroxyl groups excluding tert-OH is 3. The van der Waals surface area contributed by atoms with Crippen LogP contribution in [0.2, 0.25) is 0 Å². The van der Waals surface area contributed by atoms with Gasteiger partial charge < -0.3 is 24.8 Å². The van der Waals surface area contributed by atoms with Crippen molar-refractivity contribution in [1.29, 1.82) is 0 Å². The number of ether oxygens (including phenoxy) is 2. The van der Waals surface area contributed by atoms with Crippen LogP contribution in [0.15, 0.2) is 48.5 Å². The molecule has 2 heterocycles. The van der Waals surface area contributed by atoms with Gasteiger partial charge in [0.1, 0.15) is 18.0 Å². The van der Waals surface area contributed by atoms with Crippen LogP contribution < -0.4 is 0 Å². The van der Waals surface area contributed by atoms with Gasteiger partial charge in [-0.3, -0.25) is 0 Å². The summed E-state index contributed by atoms with van der Waals surface area (Å²) < 4.78 is 27.1. The van der Waals surface area contributed by atoms with Crippen LogP contribution in [0.5, 0.6) is 0 Å². The first-order valence-electron chi connectivity index (χ1n) is 9.42. The van der Waals surface area contributed by atoms with E-state index in [0.717, 1.165) is 15.0 Å². The molecule has 0 aliphatic carbocycles. The maximum absolute atomic E-state index is 14.6. The van der Waals surface area contributed by atoms with Crippen LogP contribution in [0.3, 0.4) is 0 Å². The molecule has 1 aromatic heterocycles. The zero-order valence-corrected chi connectivity index (χ0v) is 16.7. The van der Waals surface area contributed by atoms with Crippen molar-refractivity contribution in [3.05, 3.63) is 70.4 Å². The summed E-state index contributed by atoms with van der Waals surface area (Å²) in [7, 11) is 1.42. The SMILES string of the molecule is COC1(c2ccc(F)c(Cc3cc4ccccc4s3)c2)CC(O)C(O)C(CO)O1. The van der Waals surface area contributed by atoms with E-state index < -0.39 is 30.7 Å². The smallest absolute Gasteiger partial charge is 0.197 e. The molecule has 154 valence electrons. The molecule has 0 spiro atoms. The fourth-order valence-corrected chi connectivity index (χ4v) is 4.93.